The van der Waals surface area contributed by atoms with Crippen LogP contribution in [0.5, 0.6) is 0 Å². The number of carbonyl (C=O) groups excluding carboxylic acids is 1. The molecule has 20 heavy (non-hydrogen) atoms. The van der Waals surface area contributed by atoms with Gasteiger partial charge in [-0.25, -0.2) is 0 Å². The summed E-state index contributed by atoms with van der Waals surface area (Å²) in [4.78, 5) is 16.2. The molecule has 0 aliphatic rings. The van der Waals surface area contributed by atoms with Crippen molar-refractivity contribution in [2.24, 2.45) is 0 Å². The van der Waals surface area contributed by atoms with Crippen molar-refractivity contribution in [2.45, 2.75) is 13.3 Å². The third kappa shape index (κ3) is 3.71. The van der Waals surface area contributed by atoms with Gasteiger partial charge in [0.25, 0.3) is 5.91 Å². The van der Waals surface area contributed by atoms with Gasteiger partial charge in [-0.1, -0.05) is 35.3 Å². The predicted octanol–water partition coefficient (Wildman–Crippen LogP) is 3.67. The van der Waals surface area contributed by atoms with Gasteiger partial charge >= 0.3 is 0 Å². The van der Waals surface area contributed by atoms with Gasteiger partial charge in [0.2, 0.25) is 0 Å². The predicted molar refractivity (Wildman–Crippen MR) is 81.5 cm³/mol. The highest BCUT2D eigenvalue weighted by molar-refractivity contribution is 6.43. The van der Waals surface area contributed by atoms with Crippen LogP contribution in [0, 0.1) is 6.92 Å². The SMILES string of the molecule is Cc1ccc(CCNC(=O)c2cccc(Cl)c2Cl)cn1. The summed E-state index contributed by atoms with van der Waals surface area (Å²) in [6.45, 7) is 2.46. The second-order valence-corrected chi connectivity index (χ2v) is 5.20. The standard InChI is InChI=1S/C15H14Cl2N2O/c1-10-5-6-11(9-19-10)7-8-18-15(20)12-3-2-4-13(16)14(12)17/h2-6,9H,7-8H2,1H3,(H,18,20). The maximum absolute atomic E-state index is 12.0. The van der Waals surface area contributed by atoms with Crippen molar-refractivity contribution >= 4 is 29.1 Å². The Bertz CT molecular complexity index is 612. The minimum atomic E-state index is -0.224. The lowest BCUT2D eigenvalue weighted by molar-refractivity contribution is 0.0954. The molecule has 0 saturated heterocycles. The molecule has 0 spiro atoms. The highest BCUT2D eigenvalue weighted by atomic mass is 35.5. The first-order valence-corrected chi connectivity index (χ1v) is 6.97. The van der Waals surface area contributed by atoms with Crippen LogP contribution in [0.4, 0.5) is 0 Å². The maximum Gasteiger partial charge on any atom is 0.252 e. The molecule has 0 radical (unpaired) electrons. The van der Waals surface area contributed by atoms with Crippen LogP contribution in [0.1, 0.15) is 21.6 Å². The Hall–Kier alpha value is -1.58. The van der Waals surface area contributed by atoms with Gasteiger partial charge in [0.1, 0.15) is 0 Å². The summed E-state index contributed by atoms with van der Waals surface area (Å²) in [6, 6.07) is 8.95. The molecule has 5 heteroatoms. The number of benzene rings is 1. The Labute approximate surface area is 127 Å². The number of halogens is 2. The quantitative estimate of drug-likeness (QED) is 0.936. The van der Waals surface area contributed by atoms with E-state index >= 15 is 0 Å². The van der Waals surface area contributed by atoms with Gasteiger partial charge in [-0.3, -0.25) is 9.78 Å². The molecule has 1 amide bonds. The highest BCUT2D eigenvalue weighted by Gasteiger charge is 2.11. The number of aryl methyl sites for hydroxylation is 1. The molecule has 1 heterocycles. The Morgan fingerprint density at radius 2 is 2.05 bits per heavy atom. The molecule has 2 rings (SSSR count). The fourth-order valence-corrected chi connectivity index (χ4v) is 2.13. The third-order valence-electron chi connectivity index (χ3n) is 2.87. The van der Waals surface area contributed by atoms with Crippen molar-refractivity contribution in [2.75, 3.05) is 6.54 Å². The number of hydrogen-bond donors (Lipinski definition) is 1. The summed E-state index contributed by atoms with van der Waals surface area (Å²) in [5, 5.41) is 3.48. The number of aromatic nitrogens is 1. The molecule has 1 aromatic carbocycles. The first kappa shape index (κ1) is 14.8. The van der Waals surface area contributed by atoms with Crippen LogP contribution < -0.4 is 5.32 Å². The minimum Gasteiger partial charge on any atom is -0.352 e. The van der Waals surface area contributed by atoms with E-state index in [0.29, 0.717) is 17.1 Å². The second kappa shape index (κ2) is 6.73. The topological polar surface area (TPSA) is 42.0 Å². The second-order valence-electron chi connectivity index (χ2n) is 4.42. The number of carbonyl (C=O) groups is 1. The molecular formula is C15H14Cl2N2O. The summed E-state index contributed by atoms with van der Waals surface area (Å²) in [5.74, 6) is -0.224. The van der Waals surface area contributed by atoms with Crippen LogP contribution in [-0.2, 0) is 6.42 Å². The monoisotopic (exact) mass is 308 g/mol. The van der Waals surface area contributed by atoms with E-state index in [1.54, 1.807) is 18.2 Å². The largest absolute Gasteiger partial charge is 0.352 e. The lowest BCUT2D eigenvalue weighted by Gasteiger charge is -2.07. The molecule has 0 aliphatic heterocycles. The first-order chi connectivity index (χ1) is 9.58. The van der Waals surface area contributed by atoms with Gasteiger partial charge in [-0.15, -0.1) is 0 Å². The van der Waals surface area contributed by atoms with Crippen molar-refractivity contribution in [3.8, 4) is 0 Å². The molecular weight excluding hydrogens is 295 g/mol. The summed E-state index contributed by atoms with van der Waals surface area (Å²) < 4.78 is 0. The van der Waals surface area contributed by atoms with Gasteiger partial charge in [0.05, 0.1) is 15.6 Å². The molecule has 0 aliphatic carbocycles. The summed E-state index contributed by atoms with van der Waals surface area (Å²) >= 11 is 11.9. The van der Waals surface area contributed by atoms with Crippen molar-refractivity contribution in [1.82, 2.24) is 10.3 Å². The van der Waals surface area contributed by atoms with E-state index in [1.807, 2.05) is 25.3 Å². The molecule has 1 N–H and O–H groups in total. The molecule has 0 atom stereocenters. The minimum absolute atomic E-state index is 0.224. The zero-order valence-corrected chi connectivity index (χ0v) is 12.5. The smallest absolute Gasteiger partial charge is 0.252 e. The third-order valence-corrected chi connectivity index (χ3v) is 3.69. The van der Waals surface area contributed by atoms with E-state index in [2.05, 4.69) is 10.3 Å². The van der Waals surface area contributed by atoms with Crippen LogP contribution in [0.2, 0.25) is 10.0 Å². The summed E-state index contributed by atoms with van der Waals surface area (Å²) in [5.41, 5.74) is 2.44. The van der Waals surface area contributed by atoms with Crippen LogP contribution in [0.3, 0.4) is 0 Å². The average molecular weight is 309 g/mol. The van der Waals surface area contributed by atoms with Crippen LogP contribution in [-0.4, -0.2) is 17.4 Å². The van der Waals surface area contributed by atoms with Gasteiger partial charge in [-0.2, -0.15) is 0 Å². The molecule has 0 saturated carbocycles. The van der Waals surface area contributed by atoms with Gasteiger partial charge in [-0.05, 0) is 37.1 Å². The Balaban J connectivity index is 1.92. The molecule has 3 nitrogen and oxygen atoms in total. The van der Waals surface area contributed by atoms with E-state index in [9.17, 15) is 4.79 Å². The van der Waals surface area contributed by atoms with Crippen molar-refractivity contribution in [1.29, 1.82) is 0 Å². The zero-order valence-electron chi connectivity index (χ0n) is 11.0. The van der Waals surface area contributed by atoms with E-state index in [4.69, 9.17) is 23.2 Å². The molecule has 104 valence electrons. The average Bonchev–Trinajstić information content (AvgIpc) is 2.44. The Morgan fingerprint density at radius 3 is 2.75 bits per heavy atom. The Kier molecular flexibility index (Phi) is 4.99. The molecule has 0 bridgehead atoms. The lowest BCUT2D eigenvalue weighted by Crippen LogP contribution is -2.26. The van der Waals surface area contributed by atoms with Crippen molar-refractivity contribution < 1.29 is 4.79 Å². The van der Waals surface area contributed by atoms with Crippen molar-refractivity contribution in [3.05, 3.63) is 63.4 Å². The summed E-state index contributed by atoms with van der Waals surface area (Å²) in [7, 11) is 0. The van der Waals surface area contributed by atoms with Gasteiger partial charge in [0, 0.05) is 18.4 Å². The number of amides is 1. The molecule has 0 unspecified atom stereocenters. The Morgan fingerprint density at radius 1 is 1.25 bits per heavy atom. The summed E-state index contributed by atoms with van der Waals surface area (Å²) in [6.07, 6.45) is 2.53. The fourth-order valence-electron chi connectivity index (χ4n) is 1.74. The van der Waals surface area contributed by atoms with Crippen molar-refractivity contribution in [3.63, 3.8) is 0 Å². The number of pyridine rings is 1. The van der Waals surface area contributed by atoms with Gasteiger partial charge < -0.3 is 5.32 Å². The van der Waals surface area contributed by atoms with E-state index in [0.717, 1.165) is 17.7 Å². The van der Waals surface area contributed by atoms with Crippen LogP contribution in [0.25, 0.3) is 0 Å². The highest BCUT2D eigenvalue weighted by Crippen LogP contribution is 2.25. The van der Waals surface area contributed by atoms with Crippen LogP contribution >= 0.6 is 23.2 Å². The van der Waals surface area contributed by atoms with Crippen LogP contribution in [0.15, 0.2) is 36.5 Å². The zero-order chi connectivity index (χ0) is 14.5. The maximum atomic E-state index is 12.0. The molecule has 2 aromatic rings. The number of nitrogens with one attached hydrogen (secondary N) is 1. The van der Waals surface area contributed by atoms with E-state index < -0.39 is 0 Å². The number of nitrogens with zero attached hydrogens (tertiary/aromatic N) is 1. The van der Waals surface area contributed by atoms with E-state index in [1.165, 1.54) is 0 Å². The lowest BCUT2D eigenvalue weighted by atomic mass is 10.2. The molecule has 1 aromatic heterocycles. The molecule has 0 fully saturated rings. The normalized spacial score (nSPS) is 10.3. The number of hydrogen-bond acceptors (Lipinski definition) is 2. The fraction of sp³-hybridized carbons (Fsp3) is 0.200. The van der Waals surface area contributed by atoms with E-state index in [-0.39, 0.29) is 10.9 Å². The number of rotatable bonds is 4. The van der Waals surface area contributed by atoms with Gasteiger partial charge in [0.15, 0.2) is 0 Å². The first-order valence-electron chi connectivity index (χ1n) is 6.21.